The van der Waals surface area contributed by atoms with Crippen LogP contribution in [0, 0.1) is 0 Å². The van der Waals surface area contributed by atoms with Crippen molar-refractivity contribution in [1.82, 2.24) is 4.31 Å². The van der Waals surface area contributed by atoms with Gasteiger partial charge in [-0.05, 0) is 32.0 Å². The maximum atomic E-state index is 12.1. The highest BCUT2D eigenvalue weighted by Crippen LogP contribution is 2.23. The Morgan fingerprint density at radius 2 is 2.05 bits per heavy atom. The van der Waals surface area contributed by atoms with Crippen molar-refractivity contribution in [1.29, 1.82) is 0 Å². The topological polar surface area (TPSA) is 75.4 Å². The van der Waals surface area contributed by atoms with Crippen LogP contribution in [0.5, 0.6) is 0 Å². The lowest BCUT2D eigenvalue weighted by Gasteiger charge is -2.22. The minimum Gasteiger partial charge on any atom is -0.389 e. The average molecular weight is 366 g/mol. The molecule has 8 heteroatoms. The van der Waals surface area contributed by atoms with Gasteiger partial charge in [0.2, 0.25) is 0 Å². The number of nitrogens with two attached hydrogens (primary N) is 1. The van der Waals surface area contributed by atoms with Crippen molar-refractivity contribution in [2.45, 2.75) is 19.9 Å². The van der Waals surface area contributed by atoms with E-state index in [4.69, 9.17) is 18.0 Å². The first-order valence-corrected chi connectivity index (χ1v) is 8.14. The first kappa shape index (κ1) is 16.4. The molecule has 0 saturated heterocycles. The summed E-state index contributed by atoms with van der Waals surface area (Å²) in [6, 6.07) is 4.89. The van der Waals surface area contributed by atoms with Crippen LogP contribution in [0.2, 0.25) is 0 Å². The van der Waals surface area contributed by atoms with E-state index in [0.29, 0.717) is 11.3 Å². The number of nitrogens with one attached hydrogen (secondary N) is 1. The summed E-state index contributed by atoms with van der Waals surface area (Å²) in [6.45, 7) is 3.57. The predicted octanol–water partition coefficient (Wildman–Crippen LogP) is 2.08. The highest BCUT2D eigenvalue weighted by molar-refractivity contribution is 9.10. The van der Waals surface area contributed by atoms with E-state index in [1.165, 1.54) is 11.4 Å². The number of halogens is 1. The zero-order valence-corrected chi connectivity index (χ0v) is 14.1. The standard InChI is InChI=1S/C11H16BrN3O2S2/c1-7(2)15(3)19(16,17)14-10-6-8(12)4-5-9(10)11(13)18/h4-7,14H,1-3H3,(H2,13,18). The molecule has 0 aliphatic carbocycles. The van der Waals surface area contributed by atoms with Gasteiger partial charge in [0.15, 0.2) is 0 Å². The van der Waals surface area contributed by atoms with E-state index in [2.05, 4.69) is 20.7 Å². The molecule has 0 saturated carbocycles. The summed E-state index contributed by atoms with van der Waals surface area (Å²) < 4.78 is 28.7. The lowest BCUT2D eigenvalue weighted by molar-refractivity contribution is 0.414. The molecular weight excluding hydrogens is 350 g/mol. The second kappa shape index (κ2) is 6.17. The van der Waals surface area contributed by atoms with Crippen molar-refractivity contribution in [2.75, 3.05) is 11.8 Å². The van der Waals surface area contributed by atoms with Gasteiger partial charge in [-0.15, -0.1) is 0 Å². The first-order chi connectivity index (χ1) is 8.65. The van der Waals surface area contributed by atoms with E-state index < -0.39 is 10.2 Å². The van der Waals surface area contributed by atoms with E-state index in [9.17, 15) is 8.42 Å². The van der Waals surface area contributed by atoms with Crippen molar-refractivity contribution in [3.63, 3.8) is 0 Å². The summed E-state index contributed by atoms with van der Waals surface area (Å²) in [5, 5.41) is 0. The van der Waals surface area contributed by atoms with Crippen LogP contribution in [0.4, 0.5) is 5.69 Å². The molecule has 1 aromatic carbocycles. The Kier molecular flexibility index (Phi) is 5.31. The fraction of sp³-hybridized carbons (Fsp3) is 0.364. The summed E-state index contributed by atoms with van der Waals surface area (Å²) in [4.78, 5) is 0.136. The molecule has 1 aromatic rings. The quantitative estimate of drug-likeness (QED) is 0.783. The van der Waals surface area contributed by atoms with Crippen LogP contribution < -0.4 is 10.5 Å². The average Bonchev–Trinajstić information content (AvgIpc) is 2.26. The van der Waals surface area contributed by atoms with E-state index in [0.717, 1.165) is 4.47 Å². The van der Waals surface area contributed by atoms with Gasteiger partial charge < -0.3 is 5.73 Å². The van der Waals surface area contributed by atoms with Crippen molar-refractivity contribution >= 4 is 49.0 Å². The zero-order chi connectivity index (χ0) is 14.8. The fourth-order valence-electron chi connectivity index (χ4n) is 1.30. The zero-order valence-electron chi connectivity index (χ0n) is 10.8. The van der Waals surface area contributed by atoms with Gasteiger partial charge in [-0.25, -0.2) is 0 Å². The molecule has 0 spiro atoms. The summed E-state index contributed by atoms with van der Waals surface area (Å²) in [7, 11) is -2.13. The smallest absolute Gasteiger partial charge is 0.301 e. The molecule has 0 fully saturated rings. The van der Waals surface area contributed by atoms with Crippen molar-refractivity contribution in [3.05, 3.63) is 28.2 Å². The molecule has 19 heavy (non-hydrogen) atoms. The maximum absolute atomic E-state index is 12.1. The Balaban J connectivity index is 3.19. The fourth-order valence-corrected chi connectivity index (χ4v) is 2.99. The molecule has 3 N–H and O–H groups in total. The van der Waals surface area contributed by atoms with Crippen LogP contribution in [-0.4, -0.2) is 30.8 Å². The lowest BCUT2D eigenvalue weighted by Crippen LogP contribution is -2.37. The van der Waals surface area contributed by atoms with Crippen LogP contribution in [0.1, 0.15) is 19.4 Å². The van der Waals surface area contributed by atoms with Gasteiger partial charge in [0.25, 0.3) is 0 Å². The number of hydrogen-bond donors (Lipinski definition) is 2. The van der Waals surface area contributed by atoms with Gasteiger partial charge in [-0.1, -0.05) is 28.1 Å². The van der Waals surface area contributed by atoms with Crippen molar-refractivity contribution < 1.29 is 8.42 Å². The SMILES string of the molecule is CC(C)N(C)S(=O)(=O)Nc1cc(Br)ccc1C(N)=S. The normalized spacial score (nSPS) is 11.9. The molecule has 5 nitrogen and oxygen atoms in total. The number of anilines is 1. The molecular formula is C11H16BrN3O2S2. The Hall–Kier alpha value is -0.700. The summed E-state index contributed by atoms with van der Waals surface area (Å²) in [5.74, 6) is 0. The van der Waals surface area contributed by atoms with Gasteiger partial charge in [0, 0.05) is 23.1 Å². The number of hydrogen-bond acceptors (Lipinski definition) is 3. The number of rotatable bonds is 5. The third-order valence-electron chi connectivity index (χ3n) is 2.59. The Morgan fingerprint density at radius 1 is 1.47 bits per heavy atom. The lowest BCUT2D eigenvalue weighted by atomic mass is 10.2. The van der Waals surface area contributed by atoms with E-state index >= 15 is 0 Å². The van der Waals surface area contributed by atoms with Crippen LogP contribution >= 0.6 is 28.1 Å². The van der Waals surface area contributed by atoms with Gasteiger partial charge in [0.1, 0.15) is 4.99 Å². The Labute approximate surface area is 127 Å². The minimum absolute atomic E-state index is 0.136. The second-order valence-corrected chi connectivity index (χ2v) is 7.36. The molecule has 0 aliphatic heterocycles. The maximum Gasteiger partial charge on any atom is 0.301 e. The largest absolute Gasteiger partial charge is 0.389 e. The molecule has 0 atom stereocenters. The Bertz CT molecular complexity index is 588. The van der Waals surface area contributed by atoms with Crippen LogP contribution in [-0.2, 0) is 10.2 Å². The highest BCUT2D eigenvalue weighted by atomic mass is 79.9. The first-order valence-electron chi connectivity index (χ1n) is 5.50. The molecule has 0 aromatic heterocycles. The second-order valence-electron chi connectivity index (χ2n) is 4.27. The van der Waals surface area contributed by atoms with Gasteiger partial charge in [-0.3, -0.25) is 4.72 Å². The molecule has 0 unspecified atom stereocenters. The van der Waals surface area contributed by atoms with Gasteiger partial charge in [-0.2, -0.15) is 12.7 Å². The summed E-state index contributed by atoms with van der Waals surface area (Å²) in [5.41, 5.74) is 6.43. The third kappa shape index (κ3) is 4.13. The van der Waals surface area contributed by atoms with E-state index in [-0.39, 0.29) is 11.0 Å². The minimum atomic E-state index is -3.64. The molecule has 0 amide bonds. The number of thiocarbonyl (C=S) groups is 1. The molecule has 0 radical (unpaired) electrons. The molecule has 106 valence electrons. The third-order valence-corrected chi connectivity index (χ3v) is 4.96. The molecule has 0 bridgehead atoms. The summed E-state index contributed by atoms with van der Waals surface area (Å²) in [6.07, 6.45) is 0. The van der Waals surface area contributed by atoms with E-state index in [1.54, 1.807) is 32.0 Å². The monoisotopic (exact) mass is 365 g/mol. The van der Waals surface area contributed by atoms with Gasteiger partial charge in [0.05, 0.1) is 5.69 Å². The van der Waals surface area contributed by atoms with Crippen molar-refractivity contribution in [3.8, 4) is 0 Å². The Morgan fingerprint density at radius 3 is 2.53 bits per heavy atom. The molecule has 1 rings (SSSR count). The van der Waals surface area contributed by atoms with Crippen LogP contribution in [0.25, 0.3) is 0 Å². The number of benzene rings is 1. The van der Waals surface area contributed by atoms with Gasteiger partial charge >= 0.3 is 10.2 Å². The van der Waals surface area contributed by atoms with Crippen LogP contribution in [0.15, 0.2) is 22.7 Å². The molecule has 0 heterocycles. The number of nitrogens with zero attached hydrogens (tertiary/aromatic N) is 1. The van der Waals surface area contributed by atoms with Crippen LogP contribution in [0.3, 0.4) is 0 Å². The summed E-state index contributed by atoms with van der Waals surface area (Å²) >= 11 is 8.20. The van der Waals surface area contributed by atoms with Crippen molar-refractivity contribution in [2.24, 2.45) is 5.73 Å². The van der Waals surface area contributed by atoms with E-state index in [1.807, 2.05) is 0 Å². The molecule has 0 aliphatic rings. The predicted molar refractivity (Wildman–Crippen MR) is 85.5 cm³/mol. The highest BCUT2D eigenvalue weighted by Gasteiger charge is 2.21.